The van der Waals surface area contributed by atoms with Crippen molar-refractivity contribution in [2.75, 3.05) is 19.8 Å². The first-order valence-electron chi connectivity index (χ1n) is 10.1. The number of hydrogen-bond donors (Lipinski definition) is 2. The zero-order chi connectivity index (χ0) is 22.7. The molecular formula is C22H29N2O6P. The Morgan fingerprint density at radius 2 is 1.65 bits per heavy atom. The molecule has 0 saturated heterocycles. The normalized spacial score (nSPS) is 13.6. The van der Waals surface area contributed by atoms with E-state index in [4.69, 9.17) is 14.0 Å². The Balaban J connectivity index is 2.22. The number of esters is 1. The summed E-state index contributed by atoms with van der Waals surface area (Å²) in [7, 11) is -3.76. The van der Waals surface area contributed by atoms with E-state index in [9.17, 15) is 14.2 Å². The van der Waals surface area contributed by atoms with Crippen molar-refractivity contribution in [2.45, 2.75) is 33.2 Å². The number of benzene rings is 2. The summed E-state index contributed by atoms with van der Waals surface area (Å²) in [4.78, 5) is 24.3. The van der Waals surface area contributed by atoms with E-state index in [0.717, 1.165) is 11.1 Å². The van der Waals surface area contributed by atoms with Crippen LogP contribution < -0.4 is 10.4 Å². The van der Waals surface area contributed by atoms with Crippen molar-refractivity contribution < 1.29 is 28.2 Å². The van der Waals surface area contributed by atoms with E-state index in [2.05, 4.69) is 10.4 Å². The van der Waals surface area contributed by atoms with E-state index in [-0.39, 0.29) is 26.4 Å². The molecule has 31 heavy (non-hydrogen) atoms. The van der Waals surface area contributed by atoms with Crippen LogP contribution in [0.3, 0.4) is 0 Å². The van der Waals surface area contributed by atoms with Crippen LogP contribution in [0, 0.1) is 6.92 Å². The van der Waals surface area contributed by atoms with Gasteiger partial charge in [0.15, 0.2) is 0 Å². The van der Waals surface area contributed by atoms with Gasteiger partial charge in [-0.3, -0.25) is 9.36 Å². The lowest BCUT2D eigenvalue weighted by Gasteiger charge is -2.28. The lowest BCUT2D eigenvalue weighted by Crippen LogP contribution is -2.35. The fourth-order valence-corrected chi connectivity index (χ4v) is 4.78. The Morgan fingerprint density at radius 1 is 0.968 bits per heavy atom. The molecule has 0 radical (unpaired) electrons. The van der Waals surface area contributed by atoms with Crippen molar-refractivity contribution >= 4 is 19.6 Å². The number of carbonyl (C=O) groups is 2. The highest BCUT2D eigenvalue weighted by molar-refractivity contribution is 7.57. The predicted octanol–water partition coefficient (Wildman–Crippen LogP) is 4.30. The molecule has 1 amide bonds. The number of alkyl carbamates (subject to hydrolysis) is 1. The van der Waals surface area contributed by atoms with E-state index >= 15 is 0 Å². The van der Waals surface area contributed by atoms with Gasteiger partial charge in [0.25, 0.3) is 7.52 Å². The SMILES string of the molecule is CCOC(=O)CN[P@](=O)(OCC)[C@@H](NC(=O)OCc1ccccc1)c1ccc(C)cc1. The van der Waals surface area contributed by atoms with Crippen molar-refractivity contribution in [2.24, 2.45) is 0 Å². The van der Waals surface area contributed by atoms with E-state index in [1.54, 1.807) is 26.0 Å². The molecule has 0 saturated carbocycles. The summed E-state index contributed by atoms with van der Waals surface area (Å²) in [6.07, 6.45) is -0.757. The van der Waals surface area contributed by atoms with Crippen LogP contribution in [0.25, 0.3) is 0 Å². The summed E-state index contributed by atoms with van der Waals surface area (Å²) < 4.78 is 29.4. The maximum Gasteiger partial charge on any atom is 0.408 e. The fraction of sp³-hybridized carbons (Fsp3) is 0.364. The Bertz CT molecular complexity index is 889. The minimum atomic E-state index is -3.76. The first-order chi connectivity index (χ1) is 14.9. The van der Waals surface area contributed by atoms with Crippen molar-refractivity contribution in [3.63, 3.8) is 0 Å². The third-order valence-electron chi connectivity index (χ3n) is 4.27. The highest BCUT2D eigenvalue weighted by atomic mass is 31.2. The number of nitrogens with one attached hydrogen (secondary N) is 2. The summed E-state index contributed by atoms with van der Waals surface area (Å²) in [5.41, 5.74) is 2.37. The van der Waals surface area contributed by atoms with Gasteiger partial charge in [0.05, 0.1) is 13.2 Å². The molecule has 2 atom stereocenters. The second-order valence-corrected chi connectivity index (χ2v) is 8.96. The number of amides is 1. The van der Waals surface area contributed by atoms with Crippen molar-refractivity contribution in [1.82, 2.24) is 10.4 Å². The topological polar surface area (TPSA) is 103 Å². The number of carbonyl (C=O) groups excluding carboxylic acids is 2. The van der Waals surface area contributed by atoms with Crippen LogP contribution in [0.1, 0.15) is 36.3 Å². The van der Waals surface area contributed by atoms with E-state index in [1.807, 2.05) is 49.4 Å². The summed E-state index contributed by atoms with van der Waals surface area (Å²) in [6, 6.07) is 16.4. The van der Waals surface area contributed by atoms with Gasteiger partial charge in [0.2, 0.25) is 0 Å². The largest absolute Gasteiger partial charge is 0.465 e. The van der Waals surface area contributed by atoms with Gasteiger partial charge in [0.1, 0.15) is 18.9 Å². The third-order valence-corrected chi connectivity index (χ3v) is 6.62. The highest BCUT2D eigenvalue weighted by Crippen LogP contribution is 2.55. The van der Waals surface area contributed by atoms with Crippen LogP contribution in [0.4, 0.5) is 4.79 Å². The van der Waals surface area contributed by atoms with Gasteiger partial charge >= 0.3 is 12.1 Å². The van der Waals surface area contributed by atoms with E-state index in [0.29, 0.717) is 5.56 Å². The molecule has 0 spiro atoms. The maximum atomic E-state index is 13.7. The van der Waals surface area contributed by atoms with Gasteiger partial charge in [-0.25, -0.2) is 9.88 Å². The summed E-state index contributed by atoms with van der Waals surface area (Å²) >= 11 is 0. The maximum absolute atomic E-state index is 13.7. The average Bonchev–Trinajstić information content (AvgIpc) is 2.76. The minimum absolute atomic E-state index is 0.0580. The molecular weight excluding hydrogens is 419 g/mol. The molecule has 0 unspecified atom stereocenters. The zero-order valence-corrected chi connectivity index (χ0v) is 18.9. The quantitative estimate of drug-likeness (QED) is 0.390. The van der Waals surface area contributed by atoms with Gasteiger partial charge in [-0.05, 0) is 31.9 Å². The Kier molecular flexibility index (Phi) is 9.72. The van der Waals surface area contributed by atoms with E-state index in [1.165, 1.54) is 0 Å². The monoisotopic (exact) mass is 448 g/mol. The number of ether oxygens (including phenoxy) is 2. The third kappa shape index (κ3) is 7.83. The van der Waals surface area contributed by atoms with Crippen LogP contribution in [0.15, 0.2) is 54.6 Å². The molecule has 9 heteroatoms. The molecule has 2 N–H and O–H groups in total. The van der Waals surface area contributed by atoms with Gasteiger partial charge in [0, 0.05) is 0 Å². The molecule has 168 valence electrons. The molecule has 0 aliphatic heterocycles. The van der Waals surface area contributed by atoms with Gasteiger partial charge in [-0.2, -0.15) is 0 Å². The zero-order valence-electron chi connectivity index (χ0n) is 18.0. The molecule has 0 heterocycles. The first-order valence-corrected chi connectivity index (χ1v) is 11.8. The molecule has 0 aliphatic rings. The Morgan fingerprint density at radius 3 is 2.26 bits per heavy atom. The minimum Gasteiger partial charge on any atom is -0.465 e. The number of aryl methyl sites for hydroxylation is 1. The molecule has 2 rings (SSSR count). The summed E-state index contributed by atoms with van der Waals surface area (Å²) in [6.45, 7) is 5.32. The van der Waals surface area contributed by atoms with Crippen LogP contribution >= 0.6 is 7.52 Å². The van der Waals surface area contributed by atoms with Gasteiger partial charge in [-0.1, -0.05) is 60.2 Å². The summed E-state index contributed by atoms with van der Waals surface area (Å²) in [5, 5.41) is 5.30. The number of rotatable bonds is 11. The smallest absolute Gasteiger partial charge is 0.408 e. The lowest BCUT2D eigenvalue weighted by molar-refractivity contribution is -0.141. The summed E-state index contributed by atoms with van der Waals surface area (Å²) in [5.74, 6) is -1.64. The lowest BCUT2D eigenvalue weighted by atomic mass is 10.1. The first kappa shape index (κ1) is 24.6. The van der Waals surface area contributed by atoms with Gasteiger partial charge < -0.3 is 19.3 Å². The molecule has 8 nitrogen and oxygen atoms in total. The van der Waals surface area contributed by atoms with Crippen LogP contribution in [-0.4, -0.2) is 31.8 Å². The molecule has 0 aliphatic carbocycles. The Labute approximate surface area is 182 Å². The van der Waals surface area contributed by atoms with E-state index < -0.39 is 25.4 Å². The fourth-order valence-electron chi connectivity index (χ4n) is 2.78. The molecule has 0 bridgehead atoms. The Hall–Kier alpha value is -2.67. The highest BCUT2D eigenvalue weighted by Gasteiger charge is 2.37. The van der Waals surface area contributed by atoms with Crippen molar-refractivity contribution in [3.05, 3.63) is 71.3 Å². The average molecular weight is 448 g/mol. The molecule has 2 aromatic rings. The van der Waals surface area contributed by atoms with Gasteiger partial charge in [-0.15, -0.1) is 0 Å². The second-order valence-electron chi connectivity index (χ2n) is 6.67. The molecule has 0 fully saturated rings. The number of hydrogen-bond acceptors (Lipinski definition) is 6. The molecule has 0 aromatic heterocycles. The molecule has 2 aromatic carbocycles. The van der Waals surface area contributed by atoms with Crippen molar-refractivity contribution in [1.29, 1.82) is 0 Å². The van der Waals surface area contributed by atoms with Crippen LogP contribution in [-0.2, 0) is 30.0 Å². The second kappa shape index (κ2) is 12.2. The van der Waals surface area contributed by atoms with Crippen molar-refractivity contribution in [3.8, 4) is 0 Å². The predicted molar refractivity (Wildman–Crippen MR) is 118 cm³/mol. The van der Waals surface area contributed by atoms with Crippen LogP contribution in [0.5, 0.6) is 0 Å². The standard InChI is InChI=1S/C22H29N2O6P/c1-4-28-20(25)15-23-31(27,30-5-2)21(19-13-11-17(3)12-14-19)24-22(26)29-16-18-9-7-6-8-10-18/h6-14,21H,4-5,15-16H2,1-3H3,(H,23,27)(H,24,26)/t21-,31-/m1/s1. The van der Waals surface area contributed by atoms with Crippen LogP contribution in [0.2, 0.25) is 0 Å².